The van der Waals surface area contributed by atoms with Gasteiger partial charge in [0.1, 0.15) is 17.2 Å². The van der Waals surface area contributed by atoms with Gasteiger partial charge in [0.05, 0.1) is 19.1 Å². The van der Waals surface area contributed by atoms with Crippen LogP contribution in [0.2, 0.25) is 0 Å². The molecule has 0 amide bonds. The first-order valence-electron chi connectivity index (χ1n) is 7.94. The molecule has 1 aliphatic carbocycles. The molecule has 4 nitrogen and oxygen atoms in total. The molecule has 0 heterocycles. The van der Waals surface area contributed by atoms with Gasteiger partial charge in [-0.2, -0.15) is 0 Å². The van der Waals surface area contributed by atoms with Crippen LogP contribution in [0.4, 0.5) is 0 Å². The van der Waals surface area contributed by atoms with E-state index in [0.717, 1.165) is 30.1 Å². The Morgan fingerprint density at radius 1 is 0.870 bits per heavy atom. The predicted octanol–water partition coefficient (Wildman–Crippen LogP) is 4.20. The van der Waals surface area contributed by atoms with Crippen molar-refractivity contribution in [2.75, 3.05) is 13.2 Å². The van der Waals surface area contributed by atoms with Crippen molar-refractivity contribution < 1.29 is 19.0 Å². The molecule has 0 unspecified atom stereocenters. The molecule has 0 aromatic heterocycles. The third kappa shape index (κ3) is 5.02. The summed E-state index contributed by atoms with van der Waals surface area (Å²) < 4.78 is 16.5. The maximum atomic E-state index is 11.3. The smallest absolute Gasteiger partial charge is 0.308 e. The van der Waals surface area contributed by atoms with Crippen LogP contribution in [0, 0.1) is 5.92 Å². The maximum absolute atomic E-state index is 11.3. The molecule has 2 aromatic carbocycles. The summed E-state index contributed by atoms with van der Waals surface area (Å²) >= 11 is 0. The number of para-hydroxylation sites is 1. The fourth-order valence-corrected chi connectivity index (χ4v) is 2.09. The highest BCUT2D eigenvalue weighted by Crippen LogP contribution is 2.30. The van der Waals surface area contributed by atoms with Gasteiger partial charge in [-0.25, -0.2) is 0 Å². The van der Waals surface area contributed by atoms with Crippen molar-refractivity contribution in [1.82, 2.24) is 0 Å². The normalized spacial score (nSPS) is 13.4. The van der Waals surface area contributed by atoms with Crippen molar-refractivity contribution in [2.45, 2.75) is 19.3 Å². The van der Waals surface area contributed by atoms with Crippen LogP contribution in [0.25, 0.3) is 0 Å². The first kappa shape index (κ1) is 15.4. The Balaban J connectivity index is 1.36. The fourth-order valence-electron chi connectivity index (χ4n) is 2.09. The number of hydrogen-bond donors (Lipinski definition) is 0. The van der Waals surface area contributed by atoms with E-state index in [2.05, 4.69) is 0 Å². The lowest BCUT2D eigenvalue weighted by Gasteiger charge is -2.09. The Bertz CT molecular complexity index is 618. The van der Waals surface area contributed by atoms with Crippen molar-refractivity contribution in [2.24, 2.45) is 5.92 Å². The first-order chi connectivity index (χ1) is 11.3. The molecule has 1 fully saturated rings. The predicted molar refractivity (Wildman–Crippen MR) is 86.8 cm³/mol. The minimum atomic E-state index is -0.0626. The molecule has 4 heteroatoms. The molecule has 0 bridgehead atoms. The van der Waals surface area contributed by atoms with Gasteiger partial charge in [0, 0.05) is 6.42 Å². The molecule has 0 saturated heterocycles. The summed E-state index contributed by atoms with van der Waals surface area (Å²) in [5.41, 5.74) is 0. The molecule has 0 radical (unpaired) electrons. The zero-order valence-electron chi connectivity index (χ0n) is 12.9. The lowest BCUT2D eigenvalue weighted by Crippen LogP contribution is -2.10. The van der Waals surface area contributed by atoms with E-state index in [1.54, 1.807) is 0 Å². The molecular formula is C19H20O4. The van der Waals surface area contributed by atoms with Gasteiger partial charge in [-0.1, -0.05) is 18.2 Å². The highest BCUT2D eigenvalue weighted by Gasteiger charge is 2.30. The average Bonchev–Trinajstić information content (AvgIpc) is 3.42. The van der Waals surface area contributed by atoms with Gasteiger partial charge in [-0.15, -0.1) is 0 Å². The molecule has 3 rings (SSSR count). The zero-order valence-corrected chi connectivity index (χ0v) is 12.9. The van der Waals surface area contributed by atoms with Crippen molar-refractivity contribution >= 4 is 5.97 Å². The van der Waals surface area contributed by atoms with Crippen LogP contribution >= 0.6 is 0 Å². The Morgan fingerprint density at radius 3 is 2.22 bits per heavy atom. The highest BCUT2D eigenvalue weighted by atomic mass is 16.5. The maximum Gasteiger partial charge on any atom is 0.308 e. The minimum Gasteiger partial charge on any atom is -0.493 e. The van der Waals surface area contributed by atoms with E-state index < -0.39 is 0 Å². The van der Waals surface area contributed by atoms with Crippen LogP contribution in [0.1, 0.15) is 19.3 Å². The molecule has 0 atom stereocenters. The topological polar surface area (TPSA) is 44.8 Å². The Morgan fingerprint density at radius 2 is 1.52 bits per heavy atom. The number of hydrogen-bond acceptors (Lipinski definition) is 4. The van der Waals surface area contributed by atoms with Crippen LogP contribution < -0.4 is 9.47 Å². The molecule has 0 N–H and O–H groups in total. The SMILES string of the molecule is O=C(OCCCOc1ccc(Oc2ccccc2)cc1)C1CC1. The summed E-state index contributed by atoms with van der Waals surface area (Å²) in [5.74, 6) is 2.44. The van der Waals surface area contributed by atoms with E-state index >= 15 is 0 Å². The quantitative estimate of drug-likeness (QED) is 0.541. The van der Waals surface area contributed by atoms with Gasteiger partial charge < -0.3 is 14.2 Å². The third-order valence-corrected chi connectivity index (χ3v) is 3.52. The molecule has 1 saturated carbocycles. The second-order valence-electron chi connectivity index (χ2n) is 5.53. The van der Waals surface area contributed by atoms with E-state index in [-0.39, 0.29) is 11.9 Å². The molecule has 0 spiro atoms. The van der Waals surface area contributed by atoms with Crippen LogP contribution in [-0.4, -0.2) is 19.2 Å². The summed E-state index contributed by atoms with van der Waals surface area (Å²) in [6, 6.07) is 17.1. The molecular weight excluding hydrogens is 292 g/mol. The zero-order chi connectivity index (χ0) is 15.9. The van der Waals surface area contributed by atoms with Crippen LogP contribution in [0.15, 0.2) is 54.6 Å². The fraction of sp³-hybridized carbons (Fsp3) is 0.316. The number of ether oxygens (including phenoxy) is 3. The van der Waals surface area contributed by atoms with Crippen LogP contribution in [-0.2, 0) is 9.53 Å². The Hall–Kier alpha value is -2.49. The van der Waals surface area contributed by atoms with Crippen molar-refractivity contribution in [3.05, 3.63) is 54.6 Å². The third-order valence-electron chi connectivity index (χ3n) is 3.52. The highest BCUT2D eigenvalue weighted by molar-refractivity contribution is 5.74. The van der Waals surface area contributed by atoms with Gasteiger partial charge in [-0.05, 0) is 49.2 Å². The van der Waals surface area contributed by atoms with Crippen molar-refractivity contribution in [1.29, 1.82) is 0 Å². The molecule has 2 aromatic rings. The van der Waals surface area contributed by atoms with E-state index in [9.17, 15) is 4.79 Å². The first-order valence-corrected chi connectivity index (χ1v) is 7.94. The van der Waals surface area contributed by atoms with Gasteiger partial charge in [0.2, 0.25) is 0 Å². The van der Waals surface area contributed by atoms with Crippen molar-refractivity contribution in [3.63, 3.8) is 0 Å². The summed E-state index contributed by atoms with van der Waals surface area (Å²) in [4.78, 5) is 11.3. The van der Waals surface area contributed by atoms with Crippen molar-refractivity contribution in [3.8, 4) is 17.2 Å². The summed E-state index contributed by atoms with van der Waals surface area (Å²) in [6.45, 7) is 0.946. The van der Waals surface area contributed by atoms with Crippen LogP contribution in [0.3, 0.4) is 0 Å². The van der Waals surface area contributed by atoms with Gasteiger partial charge in [-0.3, -0.25) is 4.79 Å². The average molecular weight is 312 g/mol. The largest absolute Gasteiger partial charge is 0.493 e. The second kappa shape index (κ2) is 7.68. The second-order valence-corrected chi connectivity index (χ2v) is 5.53. The van der Waals surface area contributed by atoms with E-state index in [1.807, 2.05) is 54.6 Å². The summed E-state index contributed by atoms with van der Waals surface area (Å²) in [5, 5.41) is 0. The van der Waals surface area contributed by atoms with Gasteiger partial charge in [0.15, 0.2) is 0 Å². The van der Waals surface area contributed by atoms with E-state index in [0.29, 0.717) is 19.6 Å². The lowest BCUT2D eigenvalue weighted by molar-refractivity contribution is -0.145. The number of carbonyl (C=O) groups is 1. The van der Waals surface area contributed by atoms with E-state index in [1.165, 1.54) is 0 Å². The molecule has 0 aliphatic heterocycles. The summed E-state index contributed by atoms with van der Waals surface area (Å²) in [7, 11) is 0. The molecule has 1 aliphatic rings. The number of esters is 1. The Labute approximate surface area is 136 Å². The molecule has 120 valence electrons. The number of benzene rings is 2. The monoisotopic (exact) mass is 312 g/mol. The molecule has 23 heavy (non-hydrogen) atoms. The van der Waals surface area contributed by atoms with Gasteiger partial charge >= 0.3 is 5.97 Å². The number of rotatable bonds is 8. The standard InChI is InChI=1S/C19H20O4/c20-19(15-7-8-15)22-14-4-13-21-16-9-11-18(12-10-16)23-17-5-2-1-3-6-17/h1-3,5-6,9-12,15H,4,7-8,13-14H2. The lowest BCUT2D eigenvalue weighted by atomic mass is 10.3. The van der Waals surface area contributed by atoms with Gasteiger partial charge in [0.25, 0.3) is 0 Å². The summed E-state index contributed by atoms with van der Waals surface area (Å²) in [6.07, 6.45) is 2.65. The van der Waals surface area contributed by atoms with Crippen LogP contribution in [0.5, 0.6) is 17.2 Å². The minimum absolute atomic E-state index is 0.0626. The van der Waals surface area contributed by atoms with E-state index in [4.69, 9.17) is 14.2 Å². The Kier molecular flexibility index (Phi) is 5.14. The number of carbonyl (C=O) groups excluding carboxylic acids is 1.